The zero-order valence-corrected chi connectivity index (χ0v) is 7.93. The zero-order chi connectivity index (χ0) is 8.81. The predicted molar refractivity (Wildman–Crippen MR) is 48.9 cm³/mol. The smallest absolute Gasteiger partial charge is 0.226 e. The topological polar surface area (TPSA) is 64.9 Å². The summed E-state index contributed by atoms with van der Waals surface area (Å²) in [5.41, 5.74) is 5.35. The van der Waals surface area contributed by atoms with Crippen LogP contribution in [0.5, 0.6) is 0 Å². The normalized spacial score (nSPS) is 10.5. The molecule has 1 rings (SSSR count). The van der Waals surface area contributed by atoms with Crippen LogP contribution in [0, 0.1) is 0 Å². The average Bonchev–Trinajstić information content (AvgIpc) is 2.50. The lowest BCUT2D eigenvalue weighted by Gasteiger charge is -1.88. The molecule has 4 nitrogen and oxygen atoms in total. The first-order chi connectivity index (χ1) is 5.86. The highest BCUT2D eigenvalue weighted by atomic mass is 32.2. The lowest BCUT2D eigenvalue weighted by Crippen LogP contribution is -2.00. The Morgan fingerprint density at radius 1 is 1.58 bits per heavy atom. The van der Waals surface area contributed by atoms with Crippen molar-refractivity contribution < 1.29 is 4.52 Å². The molecule has 5 heteroatoms. The molecule has 0 aliphatic carbocycles. The first-order valence-corrected chi connectivity index (χ1v) is 5.26. The number of rotatable bonds is 5. The van der Waals surface area contributed by atoms with E-state index in [-0.39, 0.29) is 0 Å². The molecule has 0 aromatic carbocycles. The molecular weight excluding hydrogens is 174 g/mol. The van der Waals surface area contributed by atoms with Crippen LogP contribution in [0.4, 0.5) is 0 Å². The van der Waals surface area contributed by atoms with Crippen LogP contribution in [0.1, 0.15) is 18.1 Å². The molecule has 12 heavy (non-hydrogen) atoms. The van der Waals surface area contributed by atoms with E-state index in [4.69, 9.17) is 10.3 Å². The van der Waals surface area contributed by atoms with Gasteiger partial charge in [0.05, 0.1) is 5.75 Å². The van der Waals surface area contributed by atoms with Crippen LogP contribution in [0.25, 0.3) is 0 Å². The van der Waals surface area contributed by atoms with Crippen molar-refractivity contribution in [1.29, 1.82) is 0 Å². The van der Waals surface area contributed by atoms with Crippen molar-refractivity contribution in [2.45, 2.75) is 18.6 Å². The molecule has 0 atom stereocenters. The second-order valence-corrected chi connectivity index (χ2v) is 3.30. The largest absolute Gasteiger partial charge is 0.339 e. The highest BCUT2D eigenvalue weighted by Crippen LogP contribution is 2.06. The highest BCUT2D eigenvalue weighted by Gasteiger charge is 2.03. The molecule has 1 heterocycles. The van der Waals surface area contributed by atoms with E-state index >= 15 is 0 Å². The maximum absolute atomic E-state index is 5.35. The van der Waals surface area contributed by atoms with Gasteiger partial charge in [-0.2, -0.15) is 16.7 Å². The van der Waals surface area contributed by atoms with Crippen molar-refractivity contribution in [3.8, 4) is 0 Å². The third kappa shape index (κ3) is 2.83. The molecule has 0 aliphatic rings. The molecule has 0 unspecified atom stereocenters. The molecule has 0 bridgehead atoms. The maximum Gasteiger partial charge on any atom is 0.226 e. The average molecular weight is 187 g/mol. The monoisotopic (exact) mass is 187 g/mol. The van der Waals surface area contributed by atoms with Gasteiger partial charge in [-0.3, -0.25) is 0 Å². The van der Waals surface area contributed by atoms with Gasteiger partial charge in [0, 0.05) is 6.42 Å². The van der Waals surface area contributed by atoms with Crippen molar-refractivity contribution in [2.24, 2.45) is 5.73 Å². The molecule has 1 aromatic rings. The molecule has 68 valence electrons. The molecular formula is C7H13N3OS. The summed E-state index contributed by atoms with van der Waals surface area (Å²) < 4.78 is 4.99. The van der Waals surface area contributed by atoms with Gasteiger partial charge in [0.1, 0.15) is 0 Å². The van der Waals surface area contributed by atoms with E-state index in [0.717, 1.165) is 24.4 Å². The molecule has 0 amide bonds. The zero-order valence-electron chi connectivity index (χ0n) is 7.12. The number of thioether (sulfide) groups is 1. The fraction of sp³-hybridized carbons (Fsp3) is 0.714. The Labute approximate surface area is 75.9 Å². The fourth-order valence-corrected chi connectivity index (χ4v) is 1.21. The third-order valence-corrected chi connectivity index (χ3v) is 1.93. The summed E-state index contributed by atoms with van der Waals surface area (Å²) in [4.78, 5) is 4.18. The third-order valence-electron chi connectivity index (χ3n) is 1.38. The number of nitrogens with two attached hydrogens (primary N) is 1. The molecule has 2 N–H and O–H groups in total. The van der Waals surface area contributed by atoms with Crippen LogP contribution in [-0.4, -0.2) is 22.9 Å². The van der Waals surface area contributed by atoms with Crippen molar-refractivity contribution in [3.63, 3.8) is 0 Å². The summed E-state index contributed by atoms with van der Waals surface area (Å²) in [5, 5.41) is 3.81. The molecule has 0 aliphatic heterocycles. The summed E-state index contributed by atoms with van der Waals surface area (Å²) in [6, 6.07) is 0. The minimum atomic E-state index is 0.667. The van der Waals surface area contributed by atoms with Gasteiger partial charge in [0.2, 0.25) is 5.89 Å². The van der Waals surface area contributed by atoms with Gasteiger partial charge in [-0.1, -0.05) is 5.16 Å². The number of hydrogen-bond acceptors (Lipinski definition) is 5. The number of nitrogens with zero attached hydrogens (tertiary/aromatic N) is 2. The quantitative estimate of drug-likeness (QED) is 0.739. The Hall–Kier alpha value is -0.550. The molecule has 0 fully saturated rings. The van der Waals surface area contributed by atoms with E-state index in [9.17, 15) is 0 Å². The first kappa shape index (κ1) is 9.54. The lowest BCUT2D eigenvalue weighted by molar-refractivity contribution is 0.372. The van der Waals surface area contributed by atoms with E-state index in [1.165, 1.54) is 0 Å². The second-order valence-electron chi connectivity index (χ2n) is 2.43. The maximum atomic E-state index is 5.35. The number of aryl methyl sites for hydroxylation is 1. The first-order valence-electron chi connectivity index (χ1n) is 3.87. The van der Waals surface area contributed by atoms with Gasteiger partial charge < -0.3 is 10.3 Å². The summed E-state index contributed by atoms with van der Waals surface area (Å²) in [5.74, 6) is 2.28. The van der Waals surface area contributed by atoms with Gasteiger partial charge in [0.25, 0.3) is 0 Å². The van der Waals surface area contributed by atoms with E-state index in [1.807, 2.05) is 6.26 Å². The number of hydrogen-bond donors (Lipinski definition) is 1. The minimum absolute atomic E-state index is 0.667. The van der Waals surface area contributed by atoms with Gasteiger partial charge in [-0.05, 0) is 19.2 Å². The van der Waals surface area contributed by atoms with Crippen molar-refractivity contribution in [1.82, 2.24) is 10.1 Å². The van der Waals surface area contributed by atoms with E-state index in [2.05, 4.69) is 10.1 Å². The molecule has 0 saturated carbocycles. The van der Waals surface area contributed by atoms with Gasteiger partial charge >= 0.3 is 0 Å². The Balaban J connectivity index is 2.41. The van der Waals surface area contributed by atoms with Crippen LogP contribution >= 0.6 is 11.8 Å². The van der Waals surface area contributed by atoms with Crippen LogP contribution in [-0.2, 0) is 12.2 Å². The van der Waals surface area contributed by atoms with Crippen molar-refractivity contribution in [3.05, 3.63) is 11.7 Å². The second kappa shape index (κ2) is 5.16. The molecule has 0 radical (unpaired) electrons. The Morgan fingerprint density at radius 3 is 3.08 bits per heavy atom. The van der Waals surface area contributed by atoms with Crippen molar-refractivity contribution in [2.75, 3.05) is 12.8 Å². The summed E-state index contributed by atoms with van der Waals surface area (Å²) >= 11 is 1.68. The van der Waals surface area contributed by atoms with Crippen molar-refractivity contribution >= 4 is 11.8 Å². The van der Waals surface area contributed by atoms with Crippen LogP contribution in [0.2, 0.25) is 0 Å². The van der Waals surface area contributed by atoms with Gasteiger partial charge in [0.15, 0.2) is 5.82 Å². The molecule has 0 saturated heterocycles. The van der Waals surface area contributed by atoms with Gasteiger partial charge in [-0.25, -0.2) is 0 Å². The fourth-order valence-electron chi connectivity index (χ4n) is 0.833. The highest BCUT2D eigenvalue weighted by molar-refractivity contribution is 7.97. The van der Waals surface area contributed by atoms with E-state index < -0.39 is 0 Å². The Kier molecular flexibility index (Phi) is 4.10. The van der Waals surface area contributed by atoms with Gasteiger partial charge in [-0.15, -0.1) is 0 Å². The lowest BCUT2D eigenvalue weighted by atomic mass is 10.3. The molecule has 0 spiro atoms. The SMILES string of the molecule is CSCc1noc(CCCN)n1. The Morgan fingerprint density at radius 2 is 2.42 bits per heavy atom. The summed E-state index contributed by atoms with van der Waals surface area (Å²) in [6.07, 6.45) is 3.70. The van der Waals surface area contributed by atoms with E-state index in [1.54, 1.807) is 11.8 Å². The van der Waals surface area contributed by atoms with E-state index in [0.29, 0.717) is 12.4 Å². The minimum Gasteiger partial charge on any atom is -0.339 e. The Bertz CT molecular complexity index is 226. The van der Waals surface area contributed by atoms with Crippen LogP contribution < -0.4 is 5.73 Å². The standard InChI is InChI=1S/C7H13N3OS/c1-12-5-6-9-7(11-10-6)3-2-4-8/h2-5,8H2,1H3. The predicted octanol–water partition coefficient (Wildman–Crippen LogP) is 0.824. The summed E-state index contributed by atoms with van der Waals surface area (Å²) in [7, 11) is 0. The number of aromatic nitrogens is 2. The van der Waals surface area contributed by atoms with Crippen LogP contribution in [0.3, 0.4) is 0 Å². The molecule has 1 aromatic heterocycles. The summed E-state index contributed by atoms with van der Waals surface area (Å²) in [6.45, 7) is 0.667. The van der Waals surface area contributed by atoms with Crippen LogP contribution in [0.15, 0.2) is 4.52 Å².